The predicted molar refractivity (Wildman–Crippen MR) is 118 cm³/mol. The van der Waals surface area contributed by atoms with Gasteiger partial charge in [0.15, 0.2) is 0 Å². The normalized spacial score (nSPS) is 21.1. The Hall–Kier alpha value is -2.64. The summed E-state index contributed by atoms with van der Waals surface area (Å²) < 4.78 is 0. The fraction of sp³-hybridized carbons (Fsp3) is 0.423. The Morgan fingerprint density at radius 2 is 2.00 bits per heavy atom. The molecule has 3 heteroatoms. The molecule has 152 valence electrons. The van der Waals surface area contributed by atoms with Crippen LogP contribution in [0.25, 0.3) is 5.57 Å². The number of rotatable bonds is 4. The third-order valence-corrected chi connectivity index (χ3v) is 6.47. The molecule has 0 bridgehead atoms. The van der Waals surface area contributed by atoms with Crippen LogP contribution in [0.5, 0.6) is 0 Å². The number of allylic oxidation sites excluding steroid dienone is 6. The zero-order valence-corrected chi connectivity index (χ0v) is 18.1. The lowest BCUT2D eigenvalue weighted by atomic mass is 9.68. The van der Waals surface area contributed by atoms with Crippen molar-refractivity contribution in [2.24, 2.45) is 0 Å². The van der Waals surface area contributed by atoms with E-state index in [0.29, 0.717) is 29.9 Å². The molecule has 0 heterocycles. The van der Waals surface area contributed by atoms with Gasteiger partial charge in [-0.3, -0.25) is 0 Å². The van der Waals surface area contributed by atoms with Gasteiger partial charge in [0.25, 0.3) is 0 Å². The van der Waals surface area contributed by atoms with E-state index >= 15 is 0 Å². The van der Waals surface area contributed by atoms with Gasteiger partial charge in [-0.25, -0.2) is 9.59 Å². The Bertz CT molecular complexity index is 995. The number of carboxylic acids is 1. The molecule has 2 aliphatic rings. The number of aliphatic carboxylic acids is 1. The first kappa shape index (κ1) is 21.1. The number of aryl methyl sites for hydroxylation is 1. The smallest absolute Gasteiger partial charge is 0.332 e. The fourth-order valence-electron chi connectivity index (χ4n) is 4.59. The predicted octanol–water partition coefficient (Wildman–Crippen LogP) is 6.06. The molecule has 1 unspecified atom stereocenters. The molecule has 0 aromatic heterocycles. The zero-order valence-electron chi connectivity index (χ0n) is 18.1. The molecule has 1 atom stereocenters. The minimum Gasteiger partial charge on any atom is -0.478 e. The van der Waals surface area contributed by atoms with Crippen molar-refractivity contribution < 1.29 is 14.7 Å². The minimum absolute atomic E-state index is 0.128. The van der Waals surface area contributed by atoms with E-state index in [1.165, 1.54) is 11.1 Å². The van der Waals surface area contributed by atoms with Crippen LogP contribution in [-0.2, 0) is 15.0 Å². The molecule has 0 saturated carbocycles. The van der Waals surface area contributed by atoms with Crippen molar-refractivity contribution in [2.75, 3.05) is 0 Å². The maximum absolute atomic E-state index is 12.1. The summed E-state index contributed by atoms with van der Waals surface area (Å²) in [7, 11) is 0. The van der Waals surface area contributed by atoms with Gasteiger partial charge < -0.3 is 5.11 Å². The molecule has 1 N–H and O–H groups in total. The zero-order chi connectivity index (χ0) is 21.3. The van der Waals surface area contributed by atoms with Crippen LogP contribution in [-0.4, -0.2) is 17.0 Å². The average Bonchev–Trinajstić information content (AvgIpc) is 2.69. The van der Waals surface area contributed by atoms with Gasteiger partial charge in [0.05, 0.1) is 0 Å². The number of hydrogen-bond acceptors (Lipinski definition) is 2. The van der Waals surface area contributed by atoms with Crippen molar-refractivity contribution in [3.63, 3.8) is 0 Å². The molecule has 1 aromatic carbocycles. The quantitative estimate of drug-likeness (QED) is 0.502. The largest absolute Gasteiger partial charge is 0.478 e. The maximum atomic E-state index is 12.1. The topological polar surface area (TPSA) is 54.4 Å². The van der Waals surface area contributed by atoms with E-state index in [-0.39, 0.29) is 5.41 Å². The van der Waals surface area contributed by atoms with E-state index in [4.69, 9.17) is 0 Å². The fourth-order valence-corrected chi connectivity index (χ4v) is 4.59. The van der Waals surface area contributed by atoms with Gasteiger partial charge in [-0.2, -0.15) is 0 Å². The van der Waals surface area contributed by atoms with Gasteiger partial charge in [0.1, 0.15) is 5.94 Å². The Kier molecular flexibility index (Phi) is 5.82. The minimum atomic E-state index is -0.890. The first-order valence-electron chi connectivity index (χ1n) is 10.4. The summed E-state index contributed by atoms with van der Waals surface area (Å²) >= 11 is 0. The number of hydrogen-bond donors (Lipinski definition) is 1. The standard InChI is InChI=1S/C26H30O3/c1-6-20(25(28)29)24(19-9-7-18(15-27)8-10-19)22-14-21-16(2)11-12-26(4,5)23(21)13-17(22)3/h7,9-10,13-14,16H,6,8,11-12H2,1-5H3,(H,28,29). The van der Waals surface area contributed by atoms with Crippen LogP contribution in [0.3, 0.4) is 0 Å². The molecule has 0 aliphatic heterocycles. The van der Waals surface area contributed by atoms with E-state index in [1.54, 1.807) is 6.08 Å². The lowest BCUT2D eigenvalue weighted by Crippen LogP contribution is -2.26. The molecule has 0 spiro atoms. The summed E-state index contributed by atoms with van der Waals surface area (Å²) in [5.41, 5.74) is 7.55. The van der Waals surface area contributed by atoms with Crippen LogP contribution in [0, 0.1) is 6.92 Å². The molecule has 0 fully saturated rings. The monoisotopic (exact) mass is 390 g/mol. The van der Waals surface area contributed by atoms with Crippen molar-refractivity contribution in [1.82, 2.24) is 0 Å². The van der Waals surface area contributed by atoms with Gasteiger partial charge in [0, 0.05) is 17.6 Å². The first-order valence-corrected chi connectivity index (χ1v) is 10.4. The van der Waals surface area contributed by atoms with Crippen molar-refractivity contribution in [1.29, 1.82) is 0 Å². The highest BCUT2D eigenvalue weighted by atomic mass is 16.4. The Labute approximate surface area is 173 Å². The van der Waals surface area contributed by atoms with Gasteiger partial charge in [-0.1, -0.05) is 52.0 Å². The molecular formula is C26H30O3. The second-order valence-corrected chi connectivity index (χ2v) is 8.91. The molecule has 0 amide bonds. The van der Waals surface area contributed by atoms with Gasteiger partial charge in [-0.05, 0) is 77.0 Å². The SMILES string of the molecule is CCC(C(=O)O)=C(C1=CCC(=C=O)C=C1)c1cc2c(cc1C)C(C)(C)CCC2C. The van der Waals surface area contributed by atoms with Crippen LogP contribution in [0.15, 0.2) is 47.1 Å². The van der Waals surface area contributed by atoms with Crippen LogP contribution in [0.4, 0.5) is 0 Å². The molecule has 2 aliphatic carbocycles. The lowest BCUT2D eigenvalue weighted by molar-refractivity contribution is -0.132. The van der Waals surface area contributed by atoms with E-state index in [0.717, 1.165) is 35.1 Å². The molecule has 29 heavy (non-hydrogen) atoms. The molecule has 0 saturated heterocycles. The third-order valence-electron chi connectivity index (χ3n) is 6.47. The maximum Gasteiger partial charge on any atom is 0.332 e. The number of fused-ring (bicyclic) bond motifs is 1. The molecular weight excluding hydrogens is 360 g/mol. The highest BCUT2D eigenvalue weighted by Gasteiger charge is 2.32. The number of carbonyl (C=O) groups excluding carboxylic acids is 1. The van der Waals surface area contributed by atoms with Gasteiger partial charge >= 0.3 is 5.97 Å². The summed E-state index contributed by atoms with van der Waals surface area (Å²) in [6.07, 6.45) is 8.75. The van der Waals surface area contributed by atoms with E-state index in [2.05, 4.69) is 39.8 Å². The summed E-state index contributed by atoms with van der Waals surface area (Å²) in [6, 6.07) is 4.49. The Morgan fingerprint density at radius 1 is 1.28 bits per heavy atom. The number of carboxylic acid groups (broad SMARTS) is 1. The second kappa shape index (κ2) is 8.00. The molecule has 0 radical (unpaired) electrons. The summed E-state index contributed by atoms with van der Waals surface area (Å²) in [4.78, 5) is 23.1. The van der Waals surface area contributed by atoms with Gasteiger partial charge in [0.2, 0.25) is 0 Å². The number of carbonyl (C=O) groups is 1. The highest BCUT2D eigenvalue weighted by Crippen LogP contribution is 2.45. The Balaban J connectivity index is 2.27. The second-order valence-electron chi connectivity index (χ2n) is 8.91. The van der Waals surface area contributed by atoms with E-state index < -0.39 is 5.97 Å². The van der Waals surface area contributed by atoms with Crippen LogP contribution >= 0.6 is 0 Å². The van der Waals surface area contributed by atoms with Crippen molar-refractivity contribution in [3.05, 3.63) is 69.3 Å². The third kappa shape index (κ3) is 3.93. The number of benzene rings is 1. The molecule has 3 nitrogen and oxygen atoms in total. The van der Waals surface area contributed by atoms with Crippen molar-refractivity contribution in [2.45, 2.75) is 71.6 Å². The van der Waals surface area contributed by atoms with Crippen molar-refractivity contribution in [3.8, 4) is 0 Å². The lowest BCUT2D eigenvalue weighted by Gasteiger charge is -2.37. The van der Waals surface area contributed by atoms with E-state index in [1.807, 2.05) is 25.0 Å². The summed E-state index contributed by atoms with van der Waals surface area (Å²) in [5, 5.41) is 9.92. The van der Waals surface area contributed by atoms with Gasteiger partial charge in [-0.15, -0.1) is 0 Å². The van der Waals surface area contributed by atoms with Crippen LogP contribution in [0.2, 0.25) is 0 Å². The molecule has 1 aromatic rings. The van der Waals surface area contributed by atoms with Crippen LogP contribution in [0.1, 0.15) is 81.5 Å². The van der Waals surface area contributed by atoms with Crippen LogP contribution < -0.4 is 0 Å². The Morgan fingerprint density at radius 3 is 2.55 bits per heavy atom. The first-order chi connectivity index (χ1) is 13.7. The molecule has 3 rings (SSSR count). The average molecular weight is 391 g/mol. The van der Waals surface area contributed by atoms with E-state index in [9.17, 15) is 14.7 Å². The summed E-state index contributed by atoms with van der Waals surface area (Å²) in [5.74, 6) is 1.50. The van der Waals surface area contributed by atoms with Crippen molar-refractivity contribution >= 4 is 17.5 Å². The highest BCUT2D eigenvalue weighted by molar-refractivity contribution is 6.02. The summed E-state index contributed by atoms with van der Waals surface area (Å²) in [6.45, 7) is 10.8.